The molecule has 0 amide bonds. The Morgan fingerprint density at radius 3 is 2.27 bits per heavy atom. The molecule has 0 spiro atoms. The van der Waals surface area contributed by atoms with Gasteiger partial charge in [0.2, 0.25) is 10.0 Å². The molecular formula is C16H17ClFNO2S. The average Bonchev–Trinajstić information content (AvgIpc) is 2.46. The summed E-state index contributed by atoms with van der Waals surface area (Å²) in [5.41, 5.74) is 0.710. The van der Waals surface area contributed by atoms with Crippen molar-refractivity contribution in [1.29, 1.82) is 0 Å². The molecule has 0 aliphatic carbocycles. The van der Waals surface area contributed by atoms with E-state index < -0.39 is 16.1 Å². The minimum Gasteiger partial charge on any atom is -0.207 e. The van der Waals surface area contributed by atoms with Gasteiger partial charge in [-0.2, -0.15) is 0 Å². The highest BCUT2D eigenvalue weighted by atomic mass is 35.5. The zero-order valence-electron chi connectivity index (χ0n) is 12.3. The highest BCUT2D eigenvalue weighted by Crippen LogP contribution is 2.25. The summed E-state index contributed by atoms with van der Waals surface area (Å²) in [5, 5.41) is 0.353. The number of halogens is 2. The first-order valence-electron chi connectivity index (χ1n) is 6.83. The lowest BCUT2D eigenvalue weighted by Gasteiger charge is -2.23. The van der Waals surface area contributed by atoms with Crippen molar-refractivity contribution in [2.75, 3.05) is 0 Å². The van der Waals surface area contributed by atoms with Crippen molar-refractivity contribution >= 4 is 21.6 Å². The molecule has 2 aromatic rings. The Morgan fingerprint density at radius 1 is 1.09 bits per heavy atom. The van der Waals surface area contributed by atoms with Gasteiger partial charge < -0.3 is 0 Å². The number of sulfonamides is 1. The second-order valence-corrected chi connectivity index (χ2v) is 7.50. The smallest absolute Gasteiger partial charge is 0.207 e. The van der Waals surface area contributed by atoms with Crippen LogP contribution in [0.5, 0.6) is 0 Å². The second-order valence-electron chi connectivity index (χ2n) is 5.35. The molecule has 1 unspecified atom stereocenters. The summed E-state index contributed by atoms with van der Waals surface area (Å²) in [6.45, 7) is 3.79. The molecule has 1 atom stereocenters. The van der Waals surface area contributed by atoms with E-state index in [0.717, 1.165) is 0 Å². The van der Waals surface area contributed by atoms with Gasteiger partial charge in [-0.25, -0.2) is 17.5 Å². The molecule has 6 heteroatoms. The number of rotatable bonds is 5. The van der Waals surface area contributed by atoms with E-state index in [0.29, 0.717) is 10.6 Å². The number of hydrogen-bond acceptors (Lipinski definition) is 2. The SMILES string of the molecule is CC(C)C(NS(=O)(=O)c1cccc(Cl)c1)c1ccc(F)cc1. The van der Waals surface area contributed by atoms with Crippen LogP contribution in [0.25, 0.3) is 0 Å². The van der Waals surface area contributed by atoms with Crippen molar-refractivity contribution in [2.45, 2.75) is 24.8 Å². The van der Waals surface area contributed by atoms with Crippen molar-refractivity contribution in [3.63, 3.8) is 0 Å². The molecule has 0 saturated heterocycles. The molecule has 3 nitrogen and oxygen atoms in total. The molecule has 22 heavy (non-hydrogen) atoms. The molecule has 0 aromatic heterocycles. The first kappa shape index (κ1) is 16.9. The Balaban J connectivity index is 2.33. The summed E-state index contributed by atoms with van der Waals surface area (Å²) in [5.74, 6) is -0.358. The lowest BCUT2D eigenvalue weighted by Crippen LogP contribution is -2.31. The summed E-state index contributed by atoms with van der Waals surface area (Å²) in [6, 6.07) is 11.4. The van der Waals surface area contributed by atoms with Crippen LogP contribution < -0.4 is 4.72 Å². The molecule has 0 aliphatic rings. The Hall–Kier alpha value is -1.43. The van der Waals surface area contributed by atoms with Crippen LogP contribution in [0.3, 0.4) is 0 Å². The third kappa shape index (κ3) is 4.06. The van der Waals surface area contributed by atoms with Gasteiger partial charge in [0.25, 0.3) is 0 Å². The lowest BCUT2D eigenvalue weighted by atomic mass is 9.97. The molecule has 0 bridgehead atoms. The van der Waals surface area contributed by atoms with Crippen LogP contribution in [-0.2, 0) is 10.0 Å². The molecule has 0 radical (unpaired) electrons. The maximum absolute atomic E-state index is 13.0. The van der Waals surface area contributed by atoms with E-state index in [1.807, 2.05) is 13.8 Å². The van der Waals surface area contributed by atoms with Gasteiger partial charge >= 0.3 is 0 Å². The maximum atomic E-state index is 13.0. The molecule has 0 heterocycles. The second kappa shape index (κ2) is 6.77. The lowest BCUT2D eigenvalue weighted by molar-refractivity contribution is 0.462. The Kier molecular flexibility index (Phi) is 5.21. The van der Waals surface area contributed by atoms with Gasteiger partial charge in [-0.15, -0.1) is 0 Å². The van der Waals surface area contributed by atoms with E-state index in [4.69, 9.17) is 11.6 Å². The minimum absolute atomic E-state index is 0.000537. The van der Waals surface area contributed by atoms with Crippen molar-refractivity contribution in [1.82, 2.24) is 4.72 Å². The first-order valence-corrected chi connectivity index (χ1v) is 8.69. The zero-order valence-corrected chi connectivity index (χ0v) is 13.8. The van der Waals surface area contributed by atoms with E-state index in [1.165, 1.54) is 24.3 Å². The maximum Gasteiger partial charge on any atom is 0.241 e. The van der Waals surface area contributed by atoms with Gasteiger partial charge in [0.05, 0.1) is 4.90 Å². The van der Waals surface area contributed by atoms with Crippen molar-refractivity contribution in [3.8, 4) is 0 Å². The largest absolute Gasteiger partial charge is 0.241 e. The van der Waals surface area contributed by atoms with Gasteiger partial charge in [0.1, 0.15) is 5.82 Å². The summed E-state index contributed by atoms with van der Waals surface area (Å²) >= 11 is 5.85. The molecule has 0 aliphatic heterocycles. The average molecular weight is 342 g/mol. The molecular weight excluding hydrogens is 325 g/mol. The summed E-state index contributed by atoms with van der Waals surface area (Å²) in [4.78, 5) is 0.104. The molecule has 0 saturated carbocycles. The Bertz CT molecular complexity index is 745. The van der Waals surface area contributed by atoms with Gasteiger partial charge in [-0.1, -0.05) is 43.6 Å². The van der Waals surface area contributed by atoms with E-state index >= 15 is 0 Å². The fourth-order valence-corrected chi connectivity index (χ4v) is 3.80. The van der Waals surface area contributed by atoms with Crippen LogP contribution in [0.15, 0.2) is 53.4 Å². The molecule has 118 valence electrons. The van der Waals surface area contributed by atoms with Gasteiger partial charge in [-0.3, -0.25) is 0 Å². The fourth-order valence-electron chi connectivity index (χ4n) is 2.13. The Morgan fingerprint density at radius 2 is 1.73 bits per heavy atom. The van der Waals surface area contributed by atoms with Crippen molar-refractivity contribution in [2.24, 2.45) is 5.92 Å². The zero-order chi connectivity index (χ0) is 16.3. The van der Waals surface area contributed by atoms with Gasteiger partial charge in [0.15, 0.2) is 0 Å². The van der Waals surface area contributed by atoms with Crippen molar-refractivity contribution in [3.05, 3.63) is 64.9 Å². The van der Waals surface area contributed by atoms with E-state index in [-0.39, 0.29) is 16.6 Å². The van der Waals surface area contributed by atoms with Crippen LogP contribution in [0, 0.1) is 11.7 Å². The van der Waals surface area contributed by atoms with Crippen LogP contribution in [0.1, 0.15) is 25.5 Å². The molecule has 0 fully saturated rings. The standard InChI is InChI=1S/C16H17ClFNO2S/c1-11(2)16(12-6-8-14(18)9-7-12)19-22(20,21)15-5-3-4-13(17)10-15/h3-11,16,19H,1-2H3. The van der Waals surface area contributed by atoms with Crippen LogP contribution in [0.2, 0.25) is 5.02 Å². The van der Waals surface area contributed by atoms with Crippen molar-refractivity contribution < 1.29 is 12.8 Å². The third-order valence-corrected chi connectivity index (χ3v) is 4.96. The highest BCUT2D eigenvalue weighted by molar-refractivity contribution is 7.89. The summed E-state index contributed by atoms with van der Waals surface area (Å²) < 4.78 is 40.7. The molecule has 1 N–H and O–H groups in total. The minimum atomic E-state index is -3.71. The third-order valence-electron chi connectivity index (χ3n) is 3.28. The fraction of sp³-hybridized carbons (Fsp3) is 0.250. The van der Waals surface area contributed by atoms with Gasteiger partial charge in [0, 0.05) is 11.1 Å². The number of nitrogens with one attached hydrogen (secondary N) is 1. The van der Waals surface area contributed by atoms with E-state index in [2.05, 4.69) is 4.72 Å². The predicted octanol–water partition coefficient (Wildman–Crippen LogP) is 4.15. The van der Waals surface area contributed by atoms with E-state index in [9.17, 15) is 12.8 Å². The van der Waals surface area contributed by atoms with Crippen LogP contribution in [-0.4, -0.2) is 8.42 Å². The summed E-state index contributed by atoms with van der Waals surface area (Å²) in [6.07, 6.45) is 0. The molecule has 2 aromatic carbocycles. The predicted molar refractivity (Wildman–Crippen MR) is 85.8 cm³/mol. The first-order chi connectivity index (χ1) is 10.3. The quantitative estimate of drug-likeness (QED) is 0.887. The Labute approximate surface area is 135 Å². The van der Waals surface area contributed by atoms with Gasteiger partial charge in [-0.05, 0) is 41.8 Å². The van der Waals surface area contributed by atoms with E-state index in [1.54, 1.807) is 24.3 Å². The summed E-state index contributed by atoms with van der Waals surface area (Å²) in [7, 11) is -3.71. The highest BCUT2D eigenvalue weighted by Gasteiger charge is 2.24. The number of hydrogen-bond donors (Lipinski definition) is 1. The van der Waals surface area contributed by atoms with Crippen LogP contribution in [0.4, 0.5) is 4.39 Å². The topological polar surface area (TPSA) is 46.2 Å². The number of benzene rings is 2. The molecule has 2 rings (SSSR count). The normalized spacial score (nSPS) is 13.3. The monoisotopic (exact) mass is 341 g/mol. The van der Waals surface area contributed by atoms with Crippen LogP contribution >= 0.6 is 11.6 Å².